The fourth-order valence-corrected chi connectivity index (χ4v) is 1.55. The average Bonchev–Trinajstić information content (AvgIpc) is 2.46. The molecule has 5 nitrogen and oxygen atoms in total. The summed E-state index contributed by atoms with van der Waals surface area (Å²) < 4.78 is 28.7. The van der Waals surface area contributed by atoms with Crippen LogP contribution in [0.5, 0.6) is 11.5 Å². The van der Waals surface area contributed by atoms with Gasteiger partial charge in [0.25, 0.3) is 0 Å². The van der Waals surface area contributed by atoms with Crippen LogP contribution in [0.25, 0.3) is 0 Å². The maximum atomic E-state index is 13.7. The molecule has 0 aliphatic heterocycles. The van der Waals surface area contributed by atoms with Gasteiger partial charge in [0.05, 0.1) is 7.11 Å². The minimum atomic E-state index is -0.485. The first kappa shape index (κ1) is 14.1. The lowest BCUT2D eigenvalue weighted by Gasteiger charge is -2.07. The van der Waals surface area contributed by atoms with E-state index in [1.807, 2.05) is 0 Å². The molecule has 0 aliphatic carbocycles. The fraction of sp³-hybridized carbons (Fsp3) is 0.214. The Hall–Kier alpha value is -2.34. The Morgan fingerprint density at radius 3 is 2.75 bits per heavy atom. The van der Waals surface area contributed by atoms with Crippen molar-refractivity contribution >= 4 is 0 Å². The second-order valence-corrected chi connectivity index (χ2v) is 3.98. The third-order valence-electron chi connectivity index (χ3n) is 2.65. The van der Waals surface area contributed by atoms with Gasteiger partial charge in [-0.1, -0.05) is 0 Å². The third kappa shape index (κ3) is 3.16. The van der Waals surface area contributed by atoms with Crippen LogP contribution in [0.15, 0.2) is 39.7 Å². The number of benzene rings is 1. The van der Waals surface area contributed by atoms with Gasteiger partial charge in [-0.15, -0.1) is 0 Å². The van der Waals surface area contributed by atoms with Crippen LogP contribution in [0.4, 0.5) is 4.39 Å². The van der Waals surface area contributed by atoms with E-state index in [9.17, 15) is 9.18 Å². The highest BCUT2D eigenvalue weighted by Crippen LogP contribution is 2.17. The molecule has 0 unspecified atom stereocenters. The minimum absolute atomic E-state index is 0.0441. The molecule has 0 aliphatic rings. The number of hydrogen-bond acceptors (Lipinski definition) is 5. The van der Waals surface area contributed by atoms with Crippen LogP contribution in [0.2, 0.25) is 0 Å². The molecular formula is C14H13FO5. The molecule has 0 saturated carbocycles. The highest BCUT2D eigenvalue weighted by Gasteiger charge is 2.08. The van der Waals surface area contributed by atoms with Crippen molar-refractivity contribution in [1.29, 1.82) is 0 Å². The Morgan fingerprint density at radius 1 is 1.35 bits per heavy atom. The molecule has 106 valence electrons. The highest BCUT2D eigenvalue weighted by molar-refractivity contribution is 5.29. The molecule has 0 amide bonds. The summed E-state index contributed by atoms with van der Waals surface area (Å²) in [5.41, 5.74) is -0.148. The predicted molar refractivity (Wildman–Crippen MR) is 68.2 cm³/mol. The molecule has 20 heavy (non-hydrogen) atoms. The Kier molecular flexibility index (Phi) is 4.37. The molecule has 2 aromatic rings. The molecule has 0 fully saturated rings. The molecule has 0 radical (unpaired) electrons. The molecule has 0 saturated heterocycles. The smallest absolute Gasteiger partial charge is 0.227 e. The van der Waals surface area contributed by atoms with Gasteiger partial charge in [0.15, 0.2) is 0 Å². The van der Waals surface area contributed by atoms with Crippen molar-refractivity contribution in [3.63, 3.8) is 0 Å². The fourth-order valence-electron chi connectivity index (χ4n) is 1.55. The standard InChI is InChI=1S/C14H13FO5/c1-18-10-3-2-9(12(15)4-10)7-20-14-8-19-11(6-16)5-13(14)17/h2-5,8,16H,6-7H2,1H3. The molecule has 0 atom stereocenters. The second kappa shape index (κ2) is 6.21. The van der Waals surface area contributed by atoms with E-state index in [1.54, 1.807) is 6.07 Å². The normalized spacial score (nSPS) is 10.3. The van der Waals surface area contributed by atoms with Crippen molar-refractivity contribution < 1.29 is 23.4 Å². The lowest BCUT2D eigenvalue weighted by molar-refractivity contribution is 0.235. The average molecular weight is 280 g/mol. The van der Waals surface area contributed by atoms with Crippen LogP contribution in [-0.4, -0.2) is 12.2 Å². The Bertz CT molecular complexity index is 650. The van der Waals surface area contributed by atoms with E-state index < -0.39 is 11.2 Å². The lowest BCUT2D eigenvalue weighted by atomic mass is 10.2. The van der Waals surface area contributed by atoms with Crippen molar-refractivity contribution in [3.8, 4) is 11.5 Å². The molecule has 1 heterocycles. The van der Waals surface area contributed by atoms with Crippen molar-refractivity contribution in [2.75, 3.05) is 7.11 Å². The number of aliphatic hydroxyl groups excluding tert-OH is 1. The van der Waals surface area contributed by atoms with Gasteiger partial charge >= 0.3 is 0 Å². The summed E-state index contributed by atoms with van der Waals surface area (Å²) in [4.78, 5) is 11.6. The van der Waals surface area contributed by atoms with E-state index in [1.165, 1.54) is 19.2 Å². The van der Waals surface area contributed by atoms with Gasteiger partial charge in [-0.25, -0.2) is 4.39 Å². The van der Waals surface area contributed by atoms with Crippen molar-refractivity contribution in [3.05, 3.63) is 57.9 Å². The summed E-state index contributed by atoms with van der Waals surface area (Å²) >= 11 is 0. The van der Waals surface area contributed by atoms with Crippen LogP contribution >= 0.6 is 0 Å². The van der Waals surface area contributed by atoms with Gasteiger partial charge in [0.1, 0.15) is 36.8 Å². The molecule has 1 aromatic carbocycles. The van der Waals surface area contributed by atoms with E-state index in [0.29, 0.717) is 5.75 Å². The number of hydrogen-bond donors (Lipinski definition) is 1. The maximum absolute atomic E-state index is 13.7. The summed E-state index contributed by atoms with van der Waals surface area (Å²) in [5, 5.41) is 8.81. The van der Waals surface area contributed by atoms with Crippen LogP contribution in [0, 0.1) is 5.82 Å². The van der Waals surface area contributed by atoms with E-state index in [0.717, 1.165) is 12.3 Å². The van der Waals surface area contributed by atoms with Gasteiger partial charge in [0.2, 0.25) is 11.2 Å². The second-order valence-electron chi connectivity index (χ2n) is 3.98. The van der Waals surface area contributed by atoms with Crippen LogP contribution in [0.1, 0.15) is 11.3 Å². The quantitative estimate of drug-likeness (QED) is 0.905. The summed E-state index contributed by atoms with van der Waals surface area (Å²) in [7, 11) is 1.44. The molecule has 2 rings (SSSR count). The molecule has 0 bridgehead atoms. The highest BCUT2D eigenvalue weighted by atomic mass is 19.1. The van der Waals surface area contributed by atoms with Crippen LogP contribution < -0.4 is 14.9 Å². The number of halogens is 1. The van der Waals surface area contributed by atoms with Crippen molar-refractivity contribution in [2.45, 2.75) is 13.2 Å². The minimum Gasteiger partial charge on any atom is -0.497 e. The van der Waals surface area contributed by atoms with E-state index in [4.69, 9.17) is 19.0 Å². The van der Waals surface area contributed by atoms with Crippen LogP contribution in [-0.2, 0) is 13.2 Å². The van der Waals surface area contributed by atoms with Crippen molar-refractivity contribution in [2.24, 2.45) is 0 Å². The van der Waals surface area contributed by atoms with Gasteiger partial charge in [-0.05, 0) is 12.1 Å². The number of methoxy groups -OCH3 is 1. The first-order valence-corrected chi connectivity index (χ1v) is 5.82. The Morgan fingerprint density at radius 2 is 2.15 bits per heavy atom. The summed E-state index contributed by atoms with van der Waals surface area (Å²) in [6.45, 7) is -0.484. The summed E-state index contributed by atoms with van der Waals surface area (Å²) in [6, 6.07) is 5.47. The third-order valence-corrected chi connectivity index (χ3v) is 2.65. The topological polar surface area (TPSA) is 68.9 Å². The molecule has 0 spiro atoms. The Balaban J connectivity index is 2.11. The predicted octanol–water partition coefficient (Wildman–Crippen LogP) is 1.86. The lowest BCUT2D eigenvalue weighted by Crippen LogP contribution is -2.08. The number of rotatable bonds is 5. The van der Waals surface area contributed by atoms with E-state index >= 15 is 0 Å². The van der Waals surface area contributed by atoms with Gasteiger partial charge in [0, 0.05) is 17.7 Å². The van der Waals surface area contributed by atoms with Gasteiger partial charge in [-0.2, -0.15) is 0 Å². The molecular weight excluding hydrogens is 267 g/mol. The molecule has 1 N–H and O–H groups in total. The summed E-state index contributed by atoms with van der Waals surface area (Å²) in [6.07, 6.45) is 1.09. The summed E-state index contributed by atoms with van der Waals surface area (Å²) in [5.74, 6) is 0.00850. The maximum Gasteiger partial charge on any atom is 0.227 e. The Labute approximate surface area is 114 Å². The van der Waals surface area contributed by atoms with Crippen molar-refractivity contribution in [1.82, 2.24) is 0 Å². The van der Waals surface area contributed by atoms with E-state index in [-0.39, 0.29) is 30.3 Å². The first-order valence-electron chi connectivity index (χ1n) is 5.82. The molecule has 6 heteroatoms. The largest absolute Gasteiger partial charge is 0.497 e. The monoisotopic (exact) mass is 280 g/mol. The zero-order valence-electron chi connectivity index (χ0n) is 10.8. The zero-order chi connectivity index (χ0) is 14.5. The number of ether oxygens (including phenoxy) is 2. The zero-order valence-corrected chi connectivity index (χ0v) is 10.8. The first-order chi connectivity index (χ1) is 9.63. The van der Waals surface area contributed by atoms with Gasteiger partial charge in [-0.3, -0.25) is 4.79 Å². The molecule has 1 aromatic heterocycles. The van der Waals surface area contributed by atoms with E-state index in [2.05, 4.69) is 0 Å². The number of aliphatic hydroxyl groups is 1. The van der Waals surface area contributed by atoms with Gasteiger partial charge < -0.3 is 19.0 Å². The van der Waals surface area contributed by atoms with Crippen LogP contribution in [0.3, 0.4) is 0 Å². The SMILES string of the molecule is COc1ccc(COc2coc(CO)cc2=O)c(F)c1.